The maximum Gasteiger partial charge on any atom is 0.270 e. The topological polar surface area (TPSA) is 82.1 Å². The second-order valence-corrected chi connectivity index (χ2v) is 8.13. The lowest BCUT2D eigenvalue weighted by Crippen LogP contribution is -2.49. The Morgan fingerprint density at radius 2 is 2.00 bits per heavy atom. The Morgan fingerprint density at radius 1 is 1.31 bits per heavy atom. The molecule has 0 fully saturated rings. The second-order valence-electron chi connectivity index (χ2n) is 6.94. The van der Waals surface area contributed by atoms with Crippen molar-refractivity contribution < 1.29 is 14.4 Å². The van der Waals surface area contributed by atoms with Gasteiger partial charge in [-0.3, -0.25) is 14.4 Å². The van der Waals surface area contributed by atoms with Crippen LogP contribution in [0.5, 0.6) is 0 Å². The standard InChI is InChI=1S/C18H22N4O3S/c1-10(2)9-21-15-11(3)7-6-8-14(15)18(16(21)25)22(13(5)24)20-17(26-18)19-12(4)23/h6-8,10H,9H2,1-5H3,(H,19,20,23)/t18-/m0/s1. The maximum absolute atomic E-state index is 13.5. The van der Waals surface area contributed by atoms with Crippen molar-refractivity contribution in [2.75, 3.05) is 11.4 Å². The highest BCUT2D eigenvalue weighted by Gasteiger charge is 2.61. The van der Waals surface area contributed by atoms with Crippen molar-refractivity contribution in [3.63, 3.8) is 0 Å². The van der Waals surface area contributed by atoms with Gasteiger partial charge in [0.05, 0.1) is 5.69 Å². The molecule has 0 bridgehead atoms. The number of para-hydroxylation sites is 1. The minimum absolute atomic E-state index is 0.209. The number of nitrogens with zero attached hydrogens (tertiary/aromatic N) is 3. The molecule has 26 heavy (non-hydrogen) atoms. The van der Waals surface area contributed by atoms with E-state index in [0.29, 0.717) is 6.54 Å². The van der Waals surface area contributed by atoms with Gasteiger partial charge in [-0.15, -0.1) is 5.10 Å². The van der Waals surface area contributed by atoms with Gasteiger partial charge in [-0.2, -0.15) is 5.01 Å². The summed E-state index contributed by atoms with van der Waals surface area (Å²) in [7, 11) is 0. The van der Waals surface area contributed by atoms with E-state index in [-0.39, 0.29) is 28.8 Å². The molecule has 0 unspecified atom stereocenters. The average molecular weight is 374 g/mol. The SMILES string of the molecule is CC(=O)NC1=NN(C(C)=O)[C@@]2(S1)C(=O)N(CC(C)C)c1c(C)cccc12. The van der Waals surface area contributed by atoms with Gasteiger partial charge in [0, 0.05) is 26.0 Å². The van der Waals surface area contributed by atoms with Crippen LogP contribution in [0.1, 0.15) is 38.8 Å². The largest absolute Gasteiger partial charge is 0.308 e. The molecule has 7 nitrogen and oxygen atoms in total. The number of carbonyl (C=O) groups is 3. The lowest BCUT2D eigenvalue weighted by Gasteiger charge is -2.29. The number of hydrazone groups is 1. The summed E-state index contributed by atoms with van der Waals surface area (Å²) in [5, 5.41) is 8.30. The number of aryl methyl sites for hydroxylation is 1. The van der Waals surface area contributed by atoms with Gasteiger partial charge in [-0.25, -0.2) is 0 Å². The molecular weight excluding hydrogens is 352 g/mol. The number of anilines is 1. The molecule has 0 saturated heterocycles. The number of fused-ring (bicyclic) bond motifs is 2. The molecule has 1 N–H and O–H groups in total. The second kappa shape index (κ2) is 6.42. The van der Waals surface area contributed by atoms with Crippen LogP contribution in [0.3, 0.4) is 0 Å². The van der Waals surface area contributed by atoms with E-state index in [4.69, 9.17) is 0 Å². The van der Waals surface area contributed by atoms with Gasteiger partial charge < -0.3 is 10.2 Å². The number of rotatable bonds is 2. The zero-order valence-corrected chi connectivity index (χ0v) is 16.3. The van der Waals surface area contributed by atoms with Gasteiger partial charge in [0.15, 0.2) is 5.17 Å². The first-order valence-corrected chi connectivity index (χ1v) is 9.28. The summed E-state index contributed by atoms with van der Waals surface area (Å²) < 4.78 is 0. The highest BCUT2D eigenvalue weighted by molar-refractivity contribution is 8.15. The lowest BCUT2D eigenvalue weighted by molar-refractivity contribution is -0.139. The third-order valence-electron chi connectivity index (χ3n) is 4.27. The molecule has 3 amide bonds. The molecule has 0 radical (unpaired) electrons. The van der Waals surface area contributed by atoms with Crippen molar-refractivity contribution in [1.29, 1.82) is 0 Å². The first-order valence-electron chi connectivity index (χ1n) is 8.46. The van der Waals surface area contributed by atoms with E-state index < -0.39 is 4.87 Å². The molecule has 0 aliphatic carbocycles. The quantitative estimate of drug-likeness (QED) is 0.860. The van der Waals surface area contributed by atoms with Crippen molar-refractivity contribution in [3.8, 4) is 0 Å². The summed E-state index contributed by atoms with van der Waals surface area (Å²) in [4.78, 5) is 37.8. The summed E-state index contributed by atoms with van der Waals surface area (Å²) in [5.41, 5.74) is 2.52. The van der Waals surface area contributed by atoms with E-state index in [1.54, 1.807) is 4.90 Å². The summed E-state index contributed by atoms with van der Waals surface area (Å²) >= 11 is 1.11. The van der Waals surface area contributed by atoms with Crippen LogP contribution in [0.15, 0.2) is 23.3 Å². The Hall–Kier alpha value is -2.35. The van der Waals surface area contributed by atoms with Crippen LogP contribution in [0, 0.1) is 12.8 Å². The van der Waals surface area contributed by atoms with Crippen LogP contribution in [0.2, 0.25) is 0 Å². The Labute approximate surface area is 156 Å². The Morgan fingerprint density at radius 3 is 2.58 bits per heavy atom. The van der Waals surface area contributed by atoms with Crippen molar-refractivity contribution in [1.82, 2.24) is 10.3 Å². The smallest absolute Gasteiger partial charge is 0.270 e. The fourth-order valence-corrected chi connectivity index (χ4v) is 4.72. The molecule has 2 aliphatic rings. The maximum atomic E-state index is 13.5. The number of carbonyl (C=O) groups excluding carboxylic acids is 3. The molecular formula is C18H22N4O3S. The normalized spacial score (nSPS) is 21.5. The summed E-state index contributed by atoms with van der Waals surface area (Å²) in [5.74, 6) is -0.606. The molecule has 1 aromatic rings. The van der Waals surface area contributed by atoms with Gasteiger partial charge in [0.1, 0.15) is 0 Å². The van der Waals surface area contributed by atoms with Gasteiger partial charge in [0.2, 0.25) is 16.7 Å². The Balaban J connectivity index is 2.18. The third-order valence-corrected chi connectivity index (χ3v) is 5.51. The van der Waals surface area contributed by atoms with Gasteiger partial charge in [0.25, 0.3) is 5.91 Å². The van der Waals surface area contributed by atoms with E-state index in [1.165, 1.54) is 18.9 Å². The van der Waals surface area contributed by atoms with Crippen LogP contribution < -0.4 is 10.2 Å². The van der Waals surface area contributed by atoms with Crippen molar-refractivity contribution in [2.24, 2.45) is 11.0 Å². The fourth-order valence-electron chi connectivity index (χ4n) is 3.39. The molecule has 1 aromatic carbocycles. The molecule has 138 valence electrons. The van der Waals surface area contributed by atoms with Gasteiger partial charge >= 0.3 is 0 Å². The van der Waals surface area contributed by atoms with E-state index in [2.05, 4.69) is 10.4 Å². The highest BCUT2D eigenvalue weighted by atomic mass is 32.2. The number of benzene rings is 1. The zero-order valence-electron chi connectivity index (χ0n) is 15.5. The average Bonchev–Trinajstić information content (AvgIpc) is 3.00. The molecule has 2 aliphatic heterocycles. The van der Waals surface area contributed by atoms with Crippen molar-refractivity contribution >= 4 is 40.3 Å². The summed E-state index contributed by atoms with van der Waals surface area (Å²) in [6, 6.07) is 5.68. The number of hydrogen-bond acceptors (Lipinski definition) is 5. The van der Waals surface area contributed by atoms with Crippen LogP contribution in [-0.2, 0) is 19.3 Å². The van der Waals surface area contributed by atoms with Crippen LogP contribution in [0.4, 0.5) is 5.69 Å². The lowest BCUT2D eigenvalue weighted by atomic mass is 10.0. The molecule has 1 spiro atoms. The number of hydrogen-bond donors (Lipinski definition) is 1. The predicted molar refractivity (Wildman–Crippen MR) is 101 cm³/mol. The van der Waals surface area contributed by atoms with E-state index in [0.717, 1.165) is 28.6 Å². The fraction of sp³-hybridized carbons (Fsp3) is 0.444. The highest BCUT2D eigenvalue weighted by Crippen LogP contribution is 2.55. The van der Waals surface area contributed by atoms with E-state index in [1.807, 2.05) is 39.0 Å². The first-order chi connectivity index (χ1) is 12.2. The van der Waals surface area contributed by atoms with Crippen LogP contribution in [0.25, 0.3) is 0 Å². The molecule has 3 rings (SSSR count). The van der Waals surface area contributed by atoms with Crippen LogP contribution in [-0.4, -0.2) is 34.4 Å². The van der Waals surface area contributed by atoms with Gasteiger partial charge in [-0.05, 0) is 30.2 Å². The van der Waals surface area contributed by atoms with E-state index >= 15 is 0 Å². The molecule has 1 atom stereocenters. The summed E-state index contributed by atoms with van der Waals surface area (Å²) in [6.45, 7) is 9.31. The van der Waals surface area contributed by atoms with E-state index in [9.17, 15) is 14.4 Å². The zero-order chi connectivity index (χ0) is 19.2. The first kappa shape index (κ1) is 18.4. The minimum Gasteiger partial charge on any atom is -0.308 e. The Kier molecular flexibility index (Phi) is 4.56. The molecule has 8 heteroatoms. The summed E-state index contributed by atoms with van der Waals surface area (Å²) in [6.07, 6.45) is 0. The number of amides is 3. The van der Waals surface area contributed by atoms with Crippen molar-refractivity contribution in [2.45, 2.75) is 39.5 Å². The van der Waals surface area contributed by atoms with Crippen LogP contribution >= 0.6 is 11.8 Å². The number of amidine groups is 1. The van der Waals surface area contributed by atoms with Gasteiger partial charge in [-0.1, -0.05) is 32.0 Å². The number of nitrogens with one attached hydrogen (secondary N) is 1. The Bertz CT molecular complexity index is 836. The number of thioether (sulfide) groups is 1. The molecule has 2 heterocycles. The van der Waals surface area contributed by atoms with Crippen molar-refractivity contribution in [3.05, 3.63) is 29.3 Å². The molecule has 0 aromatic heterocycles. The third kappa shape index (κ3) is 2.68. The minimum atomic E-state index is -1.31. The monoisotopic (exact) mass is 374 g/mol. The molecule has 0 saturated carbocycles. The predicted octanol–water partition coefficient (Wildman–Crippen LogP) is 2.15.